The van der Waals surface area contributed by atoms with Crippen molar-refractivity contribution in [2.75, 3.05) is 18.4 Å². The number of amides is 1. The maximum Gasteiger partial charge on any atom is 0.245 e. The highest BCUT2D eigenvalue weighted by Crippen LogP contribution is 2.16. The zero-order valence-corrected chi connectivity index (χ0v) is 12.5. The third-order valence-corrected chi connectivity index (χ3v) is 3.92. The van der Waals surface area contributed by atoms with Crippen LogP contribution in [0.2, 0.25) is 0 Å². The van der Waals surface area contributed by atoms with Crippen molar-refractivity contribution in [2.45, 2.75) is 25.3 Å². The lowest BCUT2D eigenvalue weighted by molar-refractivity contribution is -0.128. The van der Waals surface area contributed by atoms with Gasteiger partial charge in [-0.25, -0.2) is 4.98 Å². The van der Waals surface area contributed by atoms with Gasteiger partial charge in [0.2, 0.25) is 5.91 Å². The van der Waals surface area contributed by atoms with E-state index in [1.165, 1.54) is 5.56 Å². The van der Waals surface area contributed by atoms with Crippen LogP contribution in [0.4, 0.5) is 5.82 Å². The standard InChI is InChI=1S/C17H20N4O/c22-17-15(20-16-13-18-9-10-19-16)8-12-21(17)11-4-7-14-5-2-1-3-6-14/h1-3,5-6,9-10,13,15H,4,7-8,11-12H2,(H,19,20). The van der Waals surface area contributed by atoms with E-state index in [0.717, 1.165) is 32.4 Å². The van der Waals surface area contributed by atoms with Crippen LogP contribution >= 0.6 is 0 Å². The Hall–Kier alpha value is -2.43. The van der Waals surface area contributed by atoms with E-state index < -0.39 is 0 Å². The van der Waals surface area contributed by atoms with Gasteiger partial charge in [0.15, 0.2) is 0 Å². The van der Waals surface area contributed by atoms with E-state index in [-0.39, 0.29) is 11.9 Å². The van der Waals surface area contributed by atoms with Gasteiger partial charge in [-0.1, -0.05) is 30.3 Å². The number of aryl methyl sites for hydroxylation is 1. The fraction of sp³-hybridized carbons (Fsp3) is 0.353. The molecule has 0 radical (unpaired) electrons. The second-order valence-corrected chi connectivity index (χ2v) is 5.49. The lowest BCUT2D eigenvalue weighted by Gasteiger charge is -2.17. The van der Waals surface area contributed by atoms with Crippen molar-refractivity contribution in [3.8, 4) is 0 Å². The molecular formula is C17H20N4O. The molecule has 1 aromatic carbocycles. The predicted molar refractivity (Wildman–Crippen MR) is 85.4 cm³/mol. The van der Waals surface area contributed by atoms with Gasteiger partial charge < -0.3 is 10.2 Å². The number of nitrogens with one attached hydrogen (secondary N) is 1. The number of nitrogens with zero attached hydrogens (tertiary/aromatic N) is 3. The molecule has 1 aromatic heterocycles. The van der Waals surface area contributed by atoms with Crippen LogP contribution in [0.3, 0.4) is 0 Å². The average Bonchev–Trinajstić information content (AvgIpc) is 2.90. The number of benzene rings is 1. The summed E-state index contributed by atoms with van der Waals surface area (Å²) in [6.45, 7) is 1.62. The molecule has 5 heteroatoms. The Morgan fingerprint density at radius 2 is 2.09 bits per heavy atom. The first-order valence-electron chi connectivity index (χ1n) is 7.68. The minimum absolute atomic E-state index is 0.165. The first-order chi connectivity index (χ1) is 10.8. The van der Waals surface area contributed by atoms with Crippen molar-refractivity contribution in [1.82, 2.24) is 14.9 Å². The maximum atomic E-state index is 12.4. The fourth-order valence-electron chi connectivity index (χ4n) is 2.77. The summed E-state index contributed by atoms with van der Waals surface area (Å²) in [5.41, 5.74) is 1.32. The molecule has 0 saturated carbocycles. The predicted octanol–water partition coefficient (Wildman–Crippen LogP) is 2.12. The van der Waals surface area contributed by atoms with E-state index in [9.17, 15) is 4.79 Å². The molecule has 3 rings (SSSR count). The summed E-state index contributed by atoms with van der Waals surface area (Å²) in [5, 5.41) is 3.16. The highest BCUT2D eigenvalue weighted by molar-refractivity contribution is 5.86. The summed E-state index contributed by atoms with van der Waals surface area (Å²) in [5.74, 6) is 0.825. The van der Waals surface area contributed by atoms with Crippen LogP contribution in [0.5, 0.6) is 0 Å². The molecule has 1 unspecified atom stereocenters. The molecular weight excluding hydrogens is 276 g/mol. The Labute approximate surface area is 130 Å². The molecule has 2 heterocycles. The van der Waals surface area contributed by atoms with E-state index in [0.29, 0.717) is 5.82 Å². The lowest BCUT2D eigenvalue weighted by Crippen LogP contribution is -2.34. The van der Waals surface area contributed by atoms with Crippen molar-refractivity contribution in [3.05, 3.63) is 54.5 Å². The lowest BCUT2D eigenvalue weighted by atomic mass is 10.1. The third kappa shape index (κ3) is 3.61. The Bertz CT molecular complexity index is 603. The van der Waals surface area contributed by atoms with Crippen molar-refractivity contribution < 1.29 is 4.79 Å². The minimum atomic E-state index is -0.173. The molecule has 0 aliphatic carbocycles. The molecule has 1 saturated heterocycles. The molecule has 1 fully saturated rings. The number of rotatable bonds is 6. The Morgan fingerprint density at radius 1 is 1.23 bits per heavy atom. The van der Waals surface area contributed by atoms with Gasteiger partial charge in [-0.3, -0.25) is 9.78 Å². The summed E-state index contributed by atoms with van der Waals surface area (Å²) in [6, 6.07) is 10.2. The van der Waals surface area contributed by atoms with Gasteiger partial charge in [0.1, 0.15) is 11.9 Å². The molecule has 2 aromatic rings. The summed E-state index contributed by atoms with van der Waals surface area (Å²) in [6.07, 6.45) is 7.71. The van der Waals surface area contributed by atoms with E-state index in [1.807, 2.05) is 11.0 Å². The van der Waals surface area contributed by atoms with Gasteiger partial charge in [-0.05, 0) is 24.8 Å². The Kier molecular flexibility index (Phi) is 4.63. The number of likely N-dealkylation sites (tertiary alicyclic amines) is 1. The highest BCUT2D eigenvalue weighted by Gasteiger charge is 2.31. The van der Waals surface area contributed by atoms with Gasteiger partial charge in [0.05, 0.1) is 6.20 Å². The van der Waals surface area contributed by atoms with E-state index >= 15 is 0 Å². The molecule has 114 valence electrons. The molecule has 1 amide bonds. The van der Waals surface area contributed by atoms with Crippen LogP contribution < -0.4 is 5.32 Å². The number of aromatic nitrogens is 2. The number of carbonyl (C=O) groups excluding carboxylic acids is 1. The smallest absolute Gasteiger partial charge is 0.245 e. The quantitative estimate of drug-likeness (QED) is 0.887. The second kappa shape index (κ2) is 7.02. The minimum Gasteiger partial charge on any atom is -0.357 e. The van der Waals surface area contributed by atoms with Crippen LogP contribution in [0, 0.1) is 0 Å². The maximum absolute atomic E-state index is 12.4. The highest BCUT2D eigenvalue weighted by atomic mass is 16.2. The van der Waals surface area contributed by atoms with Crippen LogP contribution in [0.1, 0.15) is 18.4 Å². The SMILES string of the molecule is O=C1C(Nc2cnccn2)CCN1CCCc1ccccc1. The van der Waals surface area contributed by atoms with Crippen molar-refractivity contribution in [3.63, 3.8) is 0 Å². The Morgan fingerprint density at radius 3 is 2.86 bits per heavy atom. The van der Waals surface area contributed by atoms with Gasteiger partial charge in [-0.2, -0.15) is 0 Å². The normalized spacial score (nSPS) is 17.7. The van der Waals surface area contributed by atoms with Gasteiger partial charge in [-0.15, -0.1) is 0 Å². The van der Waals surface area contributed by atoms with Crippen molar-refractivity contribution in [2.24, 2.45) is 0 Å². The molecule has 0 bridgehead atoms. The van der Waals surface area contributed by atoms with Crippen LogP contribution in [0.25, 0.3) is 0 Å². The first kappa shape index (κ1) is 14.5. The zero-order valence-electron chi connectivity index (χ0n) is 12.5. The number of anilines is 1. The van der Waals surface area contributed by atoms with Crippen molar-refractivity contribution in [1.29, 1.82) is 0 Å². The molecule has 0 spiro atoms. The zero-order chi connectivity index (χ0) is 15.2. The largest absolute Gasteiger partial charge is 0.357 e. The third-order valence-electron chi connectivity index (χ3n) is 3.92. The number of hydrogen-bond acceptors (Lipinski definition) is 4. The topological polar surface area (TPSA) is 58.1 Å². The number of carbonyl (C=O) groups is 1. The van der Waals surface area contributed by atoms with E-state index in [1.54, 1.807) is 18.6 Å². The molecule has 1 atom stereocenters. The van der Waals surface area contributed by atoms with Crippen molar-refractivity contribution >= 4 is 11.7 Å². The summed E-state index contributed by atoms with van der Waals surface area (Å²) < 4.78 is 0. The Balaban J connectivity index is 1.47. The monoisotopic (exact) mass is 296 g/mol. The molecule has 22 heavy (non-hydrogen) atoms. The summed E-state index contributed by atoms with van der Waals surface area (Å²) in [7, 11) is 0. The summed E-state index contributed by atoms with van der Waals surface area (Å²) >= 11 is 0. The van der Waals surface area contributed by atoms with Gasteiger partial charge in [0.25, 0.3) is 0 Å². The molecule has 1 N–H and O–H groups in total. The first-order valence-corrected chi connectivity index (χ1v) is 7.68. The van der Waals surface area contributed by atoms with E-state index in [2.05, 4.69) is 39.6 Å². The fourth-order valence-corrected chi connectivity index (χ4v) is 2.77. The molecule has 1 aliphatic heterocycles. The molecule has 1 aliphatic rings. The van der Waals surface area contributed by atoms with Crippen LogP contribution in [-0.2, 0) is 11.2 Å². The number of hydrogen-bond donors (Lipinski definition) is 1. The van der Waals surface area contributed by atoms with E-state index in [4.69, 9.17) is 0 Å². The molecule has 5 nitrogen and oxygen atoms in total. The van der Waals surface area contributed by atoms with Gasteiger partial charge in [0, 0.05) is 25.5 Å². The van der Waals surface area contributed by atoms with Gasteiger partial charge >= 0.3 is 0 Å². The second-order valence-electron chi connectivity index (χ2n) is 5.49. The van der Waals surface area contributed by atoms with Crippen LogP contribution in [-0.4, -0.2) is 39.9 Å². The average molecular weight is 296 g/mol. The van der Waals surface area contributed by atoms with Crippen LogP contribution in [0.15, 0.2) is 48.9 Å². The summed E-state index contributed by atoms with van der Waals surface area (Å²) in [4.78, 5) is 22.5.